The van der Waals surface area contributed by atoms with Crippen LogP contribution in [0.4, 0.5) is 0 Å². The Morgan fingerprint density at radius 3 is 1.44 bits per heavy atom. The van der Waals surface area contributed by atoms with Crippen LogP contribution in [0, 0.1) is 10.8 Å². The van der Waals surface area contributed by atoms with Crippen LogP contribution in [0.25, 0.3) is 12.2 Å². The Balaban J connectivity index is 1.81. The van der Waals surface area contributed by atoms with Crippen LogP contribution in [-0.2, 0) is 4.79 Å². The molecule has 2 aromatic carbocycles. The predicted octanol–water partition coefficient (Wildman–Crippen LogP) is 7.20. The van der Waals surface area contributed by atoms with Crippen molar-refractivity contribution < 1.29 is 4.79 Å². The van der Waals surface area contributed by atoms with Gasteiger partial charge in [0.1, 0.15) is 0 Å². The molecule has 0 radical (unpaired) electrons. The van der Waals surface area contributed by atoms with Crippen molar-refractivity contribution in [3.05, 3.63) is 105 Å². The van der Waals surface area contributed by atoms with Gasteiger partial charge in [-0.3, -0.25) is 4.79 Å². The van der Waals surface area contributed by atoms with Crippen molar-refractivity contribution in [2.75, 3.05) is 0 Å². The molecule has 5 rings (SSSR count). The molecular formula is C31H30N2O. The maximum atomic E-state index is 13.4. The third-order valence-electron chi connectivity index (χ3n) is 6.50. The number of fused-ring (bicyclic) bond motifs is 5. The van der Waals surface area contributed by atoms with Crippen molar-refractivity contribution in [2.24, 2.45) is 20.8 Å². The molecule has 0 unspecified atom stereocenters. The van der Waals surface area contributed by atoms with Crippen LogP contribution in [0.3, 0.4) is 0 Å². The lowest BCUT2D eigenvalue weighted by Crippen LogP contribution is -2.28. The Hall–Kier alpha value is -3.59. The van der Waals surface area contributed by atoms with Crippen molar-refractivity contribution in [1.29, 1.82) is 0 Å². The highest BCUT2D eigenvalue weighted by molar-refractivity contribution is 6.56. The van der Waals surface area contributed by atoms with Gasteiger partial charge in [-0.05, 0) is 34.1 Å². The summed E-state index contributed by atoms with van der Waals surface area (Å²) < 4.78 is 0. The van der Waals surface area contributed by atoms with Crippen LogP contribution in [0.2, 0.25) is 0 Å². The molecule has 3 heteroatoms. The molecule has 0 saturated heterocycles. The zero-order chi connectivity index (χ0) is 24.3. The third kappa shape index (κ3) is 3.75. The number of hydrogen-bond donors (Lipinski definition) is 0. The number of carbonyl (C=O) groups is 1. The zero-order valence-corrected chi connectivity index (χ0v) is 20.7. The van der Waals surface area contributed by atoms with Gasteiger partial charge in [0.25, 0.3) is 0 Å². The lowest BCUT2D eigenvalue weighted by Gasteiger charge is -2.31. The van der Waals surface area contributed by atoms with Gasteiger partial charge in [0.15, 0.2) is 11.6 Å². The molecule has 0 fully saturated rings. The van der Waals surface area contributed by atoms with Crippen molar-refractivity contribution in [1.82, 2.24) is 0 Å². The summed E-state index contributed by atoms with van der Waals surface area (Å²) in [6, 6.07) is 16.6. The van der Waals surface area contributed by atoms with Crippen molar-refractivity contribution in [3.8, 4) is 0 Å². The maximum absolute atomic E-state index is 13.4. The summed E-state index contributed by atoms with van der Waals surface area (Å²) in [5, 5.41) is 0. The molecule has 1 heterocycles. The smallest absolute Gasteiger partial charge is 0.186 e. The average molecular weight is 447 g/mol. The summed E-state index contributed by atoms with van der Waals surface area (Å²) in [6.07, 6.45) is 8.28. The number of aliphatic imine (C=N–C) groups is 2. The van der Waals surface area contributed by atoms with Crippen LogP contribution in [-0.4, -0.2) is 17.2 Å². The highest BCUT2D eigenvalue weighted by atomic mass is 16.1. The molecule has 0 atom stereocenters. The first-order valence-corrected chi connectivity index (χ1v) is 11.8. The highest BCUT2D eigenvalue weighted by Crippen LogP contribution is 2.40. The van der Waals surface area contributed by atoms with Gasteiger partial charge in [-0.2, -0.15) is 0 Å². The van der Waals surface area contributed by atoms with Crippen LogP contribution >= 0.6 is 0 Å². The van der Waals surface area contributed by atoms with Gasteiger partial charge in [0, 0.05) is 27.8 Å². The highest BCUT2D eigenvalue weighted by Gasteiger charge is 2.35. The first-order valence-electron chi connectivity index (χ1n) is 11.8. The fourth-order valence-electron chi connectivity index (χ4n) is 4.62. The molecular weight excluding hydrogens is 416 g/mol. The molecule has 0 N–H and O–H groups in total. The molecule has 170 valence electrons. The fourth-order valence-corrected chi connectivity index (χ4v) is 4.62. The summed E-state index contributed by atoms with van der Waals surface area (Å²) in [7, 11) is 0. The third-order valence-corrected chi connectivity index (χ3v) is 6.50. The summed E-state index contributed by atoms with van der Waals surface area (Å²) in [6.45, 7) is 12.5. The normalized spacial score (nSPS) is 18.6. The molecule has 0 saturated carbocycles. The monoisotopic (exact) mass is 446 g/mol. The largest absolute Gasteiger partial charge is 0.289 e. The molecule has 2 aromatic rings. The molecule has 1 aliphatic heterocycles. The minimum absolute atomic E-state index is 0.119. The Labute approximate surface area is 202 Å². The van der Waals surface area contributed by atoms with E-state index in [0.717, 1.165) is 50.4 Å². The second-order valence-corrected chi connectivity index (χ2v) is 11.2. The summed E-state index contributed by atoms with van der Waals surface area (Å²) >= 11 is 0. The Morgan fingerprint density at radius 2 is 1.03 bits per heavy atom. The van der Waals surface area contributed by atoms with Gasteiger partial charge < -0.3 is 0 Å². The van der Waals surface area contributed by atoms with E-state index in [1.807, 2.05) is 36.4 Å². The fraction of sp³-hybridized carbons (Fsp3) is 0.258. The quantitative estimate of drug-likeness (QED) is 0.422. The number of benzene rings is 2. The number of carbonyl (C=O) groups excluding carboxylic acids is 1. The van der Waals surface area contributed by atoms with Crippen LogP contribution < -0.4 is 0 Å². The van der Waals surface area contributed by atoms with E-state index < -0.39 is 0 Å². The van der Waals surface area contributed by atoms with E-state index in [2.05, 4.69) is 78.0 Å². The lowest BCUT2D eigenvalue weighted by molar-refractivity contribution is -0.114. The predicted molar refractivity (Wildman–Crippen MR) is 142 cm³/mol. The van der Waals surface area contributed by atoms with Crippen LogP contribution in [0.15, 0.2) is 93.2 Å². The zero-order valence-electron chi connectivity index (χ0n) is 20.7. The summed E-state index contributed by atoms with van der Waals surface area (Å²) in [5.74, 6) is 0.779. The Bertz CT molecular complexity index is 1310. The average Bonchev–Trinajstić information content (AvgIpc) is 3.20. The van der Waals surface area contributed by atoms with E-state index in [9.17, 15) is 4.79 Å². The van der Waals surface area contributed by atoms with Crippen molar-refractivity contribution >= 4 is 29.4 Å². The second kappa shape index (κ2) is 7.73. The first kappa shape index (κ1) is 22.2. The van der Waals surface area contributed by atoms with E-state index in [1.54, 1.807) is 0 Å². The molecule has 34 heavy (non-hydrogen) atoms. The van der Waals surface area contributed by atoms with Gasteiger partial charge in [-0.15, -0.1) is 0 Å². The van der Waals surface area contributed by atoms with Crippen LogP contribution in [0.1, 0.15) is 63.8 Å². The minimum Gasteiger partial charge on any atom is -0.289 e. The first-order chi connectivity index (χ1) is 16.0. The Morgan fingerprint density at radius 1 is 0.618 bits per heavy atom. The van der Waals surface area contributed by atoms with Gasteiger partial charge in [0.2, 0.25) is 0 Å². The molecule has 0 aromatic heterocycles. The number of Topliss-reactive ketones (excluding diaryl/α,β-unsaturated/α-hetero) is 1. The van der Waals surface area contributed by atoms with Gasteiger partial charge in [-0.1, -0.05) is 102 Å². The van der Waals surface area contributed by atoms with Crippen molar-refractivity contribution in [2.45, 2.75) is 41.5 Å². The topological polar surface area (TPSA) is 41.8 Å². The van der Waals surface area contributed by atoms with Gasteiger partial charge >= 0.3 is 0 Å². The van der Waals surface area contributed by atoms with E-state index >= 15 is 0 Å². The molecule has 0 bridgehead atoms. The van der Waals surface area contributed by atoms with E-state index in [0.29, 0.717) is 5.82 Å². The standard InChI is InChI=1S/C31H30N2O/c1-30(2,3)24-17-21(18-25(28(24)34)31(4,5)6)29-32-26-22-13-9-7-11-19(22)15-16-20-12-8-10-14-23(20)27(26)33-29/h7-18H,1-6H3/b16-15-. The number of rotatable bonds is 0. The molecule has 0 amide bonds. The Kier molecular flexibility index (Phi) is 5.05. The second-order valence-electron chi connectivity index (χ2n) is 11.2. The van der Waals surface area contributed by atoms with E-state index in [4.69, 9.17) is 9.98 Å². The van der Waals surface area contributed by atoms with E-state index in [1.165, 1.54) is 0 Å². The number of hydrogen-bond acceptors (Lipinski definition) is 3. The number of nitrogens with zero attached hydrogens (tertiary/aromatic N) is 2. The maximum Gasteiger partial charge on any atom is 0.186 e. The summed E-state index contributed by atoms with van der Waals surface area (Å²) in [4.78, 5) is 23.6. The molecule has 2 aliphatic carbocycles. The lowest BCUT2D eigenvalue weighted by atomic mass is 9.72. The minimum atomic E-state index is -0.280. The van der Waals surface area contributed by atoms with Gasteiger partial charge in [-0.25, -0.2) is 9.98 Å². The number of ketones is 1. The molecule has 3 aliphatic rings. The number of allylic oxidation sites excluding steroid dienone is 5. The summed E-state index contributed by atoms with van der Waals surface area (Å²) in [5.41, 5.74) is 8.05. The van der Waals surface area contributed by atoms with Crippen molar-refractivity contribution in [3.63, 3.8) is 0 Å². The SMILES string of the molecule is CC(C)(C)C1=CC(=C2N=C3C(=N2)c2ccccc2/C=C\c2ccccc23)C=C(C(C)(C)C)C1=O. The van der Waals surface area contributed by atoms with Gasteiger partial charge in [0.05, 0.1) is 11.4 Å². The molecule has 3 nitrogen and oxygen atoms in total. The van der Waals surface area contributed by atoms with E-state index in [-0.39, 0.29) is 16.6 Å². The van der Waals surface area contributed by atoms with Crippen LogP contribution in [0.5, 0.6) is 0 Å². The molecule has 0 spiro atoms.